The number of nitrogens with two attached hydrogens (primary N) is 1. The molecule has 4 rings (SSSR count). The molecule has 2 heterocycles. The third-order valence-corrected chi connectivity index (χ3v) is 5.83. The first-order chi connectivity index (χ1) is 14.5. The van der Waals surface area contributed by atoms with E-state index < -0.39 is 5.91 Å². The first kappa shape index (κ1) is 19.9. The molecule has 3 amide bonds. The minimum atomic E-state index is -0.483. The zero-order valence-electron chi connectivity index (χ0n) is 16.8. The van der Waals surface area contributed by atoms with E-state index in [4.69, 9.17) is 5.73 Å². The van der Waals surface area contributed by atoms with Crippen LogP contribution in [0.2, 0.25) is 0 Å². The van der Waals surface area contributed by atoms with Crippen LogP contribution in [0.4, 0.5) is 11.4 Å². The molecule has 3 N–H and O–H groups in total. The van der Waals surface area contributed by atoms with Crippen LogP contribution in [0.5, 0.6) is 0 Å². The molecule has 156 valence electrons. The zero-order chi connectivity index (χ0) is 21.1. The average Bonchev–Trinajstić information content (AvgIpc) is 3.42. The van der Waals surface area contributed by atoms with Crippen molar-refractivity contribution >= 4 is 29.1 Å². The van der Waals surface area contributed by atoms with Crippen LogP contribution < -0.4 is 20.9 Å². The van der Waals surface area contributed by atoms with E-state index in [0.29, 0.717) is 18.7 Å². The number of rotatable bonds is 6. The molecule has 1 atom stereocenters. The van der Waals surface area contributed by atoms with Gasteiger partial charge in [-0.1, -0.05) is 12.1 Å². The van der Waals surface area contributed by atoms with E-state index in [2.05, 4.69) is 22.3 Å². The monoisotopic (exact) mass is 406 g/mol. The van der Waals surface area contributed by atoms with Gasteiger partial charge in [0.05, 0.1) is 5.92 Å². The lowest BCUT2D eigenvalue weighted by Crippen LogP contribution is -2.32. The Bertz CT molecular complexity index is 934. The molecule has 7 heteroatoms. The molecule has 0 radical (unpaired) electrons. The summed E-state index contributed by atoms with van der Waals surface area (Å²) in [5.41, 5.74) is 8.54. The summed E-state index contributed by atoms with van der Waals surface area (Å²) in [7, 11) is 0. The van der Waals surface area contributed by atoms with Crippen LogP contribution >= 0.6 is 0 Å². The molecule has 2 aliphatic heterocycles. The molecule has 2 saturated heterocycles. The number of benzene rings is 2. The Balaban J connectivity index is 1.33. The second-order valence-electron chi connectivity index (χ2n) is 7.89. The van der Waals surface area contributed by atoms with Crippen LogP contribution in [0.1, 0.15) is 35.2 Å². The Morgan fingerprint density at radius 1 is 0.967 bits per heavy atom. The second kappa shape index (κ2) is 8.57. The van der Waals surface area contributed by atoms with Gasteiger partial charge in [-0.2, -0.15) is 0 Å². The van der Waals surface area contributed by atoms with Gasteiger partial charge in [-0.05, 0) is 54.8 Å². The fourth-order valence-electron chi connectivity index (χ4n) is 4.07. The lowest BCUT2D eigenvalue weighted by Gasteiger charge is -2.20. The molecule has 0 aliphatic carbocycles. The molecule has 0 bridgehead atoms. The number of carbonyl (C=O) groups is 3. The van der Waals surface area contributed by atoms with Gasteiger partial charge in [0.25, 0.3) is 0 Å². The van der Waals surface area contributed by atoms with Crippen molar-refractivity contribution in [3.63, 3.8) is 0 Å². The summed E-state index contributed by atoms with van der Waals surface area (Å²) in [6.45, 7) is 2.88. The van der Waals surface area contributed by atoms with Crippen LogP contribution in [0.15, 0.2) is 48.5 Å². The lowest BCUT2D eigenvalue weighted by atomic mass is 10.1. The molecule has 2 fully saturated rings. The zero-order valence-corrected chi connectivity index (χ0v) is 16.8. The Kier molecular flexibility index (Phi) is 5.70. The number of nitrogens with zero attached hydrogens (tertiary/aromatic N) is 2. The summed E-state index contributed by atoms with van der Waals surface area (Å²) >= 11 is 0. The maximum Gasteiger partial charge on any atom is 0.248 e. The summed E-state index contributed by atoms with van der Waals surface area (Å²) in [5, 5.41) is 2.89. The summed E-state index contributed by atoms with van der Waals surface area (Å²) in [4.78, 5) is 40.2. The van der Waals surface area contributed by atoms with Crippen molar-refractivity contribution < 1.29 is 14.4 Å². The van der Waals surface area contributed by atoms with E-state index in [1.54, 1.807) is 29.2 Å². The van der Waals surface area contributed by atoms with Gasteiger partial charge in [-0.15, -0.1) is 0 Å². The van der Waals surface area contributed by atoms with Crippen molar-refractivity contribution in [1.29, 1.82) is 0 Å². The first-order valence-electron chi connectivity index (χ1n) is 10.3. The van der Waals surface area contributed by atoms with E-state index in [1.165, 1.54) is 18.5 Å². The number of amides is 3. The highest BCUT2D eigenvalue weighted by Gasteiger charge is 2.35. The summed E-state index contributed by atoms with van der Waals surface area (Å²) in [5.74, 6) is -1.03. The number of carbonyl (C=O) groups excluding carboxylic acids is 3. The molecule has 0 saturated carbocycles. The van der Waals surface area contributed by atoms with Crippen molar-refractivity contribution in [3.8, 4) is 0 Å². The normalized spacial score (nSPS) is 18.7. The predicted molar refractivity (Wildman–Crippen MR) is 115 cm³/mol. The van der Waals surface area contributed by atoms with Crippen LogP contribution in [-0.4, -0.2) is 37.4 Å². The third-order valence-electron chi connectivity index (χ3n) is 5.83. The second-order valence-corrected chi connectivity index (χ2v) is 7.89. The standard InChI is InChI=1S/C23H26N4O3/c24-22(29)17-5-3-16(4-6-17)14-25-23(30)18-13-21(28)27(15-18)20-9-7-19(8-10-20)26-11-1-2-12-26/h3-10,18H,1-2,11-15H2,(H2,24,29)(H,25,30). The average molecular weight is 406 g/mol. The Labute approximate surface area is 175 Å². The maximum atomic E-state index is 12.6. The number of anilines is 2. The van der Waals surface area contributed by atoms with Crippen molar-refractivity contribution in [2.75, 3.05) is 29.4 Å². The molecule has 30 heavy (non-hydrogen) atoms. The van der Waals surface area contributed by atoms with Gasteiger partial charge in [-0.25, -0.2) is 0 Å². The number of hydrogen-bond donors (Lipinski definition) is 2. The van der Waals surface area contributed by atoms with Crippen molar-refractivity contribution in [1.82, 2.24) is 5.32 Å². The molecule has 0 aromatic heterocycles. The number of nitrogens with one attached hydrogen (secondary N) is 1. The lowest BCUT2D eigenvalue weighted by molar-refractivity contribution is -0.126. The quantitative estimate of drug-likeness (QED) is 0.768. The van der Waals surface area contributed by atoms with Gasteiger partial charge in [0, 0.05) is 49.5 Å². The van der Waals surface area contributed by atoms with Gasteiger partial charge >= 0.3 is 0 Å². The van der Waals surface area contributed by atoms with Crippen molar-refractivity contribution in [3.05, 3.63) is 59.7 Å². The largest absolute Gasteiger partial charge is 0.372 e. The number of hydrogen-bond acceptors (Lipinski definition) is 4. The van der Waals surface area contributed by atoms with E-state index >= 15 is 0 Å². The predicted octanol–water partition coefficient (Wildman–Crippen LogP) is 2.05. The smallest absolute Gasteiger partial charge is 0.248 e. The summed E-state index contributed by atoms with van der Waals surface area (Å²) in [6, 6.07) is 14.8. The van der Waals surface area contributed by atoms with E-state index in [-0.39, 0.29) is 24.2 Å². The van der Waals surface area contributed by atoms with Crippen LogP contribution in [0.3, 0.4) is 0 Å². The summed E-state index contributed by atoms with van der Waals surface area (Å²) < 4.78 is 0. The van der Waals surface area contributed by atoms with Gasteiger partial charge in [0.2, 0.25) is 17.7 Å². The number of primary amides is 1. The first-order valence-corrected chi connectivity index (χ1v) is 10.3. The Morgan fingerprint density at radius 3 is 2.23 bits per heavy atom. The van der Waals surface area contributed by atoms with Gasteiger partial charge < -0.3 is 20.9 Å². The highest BCUT2D eigenvalue weighted by atomic mass is 16.2. The van der Waals surface area contributed by atoms with Gasteiger partial charge in [-0.3, -0.25) is 14.4 Å². The van der Waals surface area contributed by atoms with Crippen molar-refractivity contribution in [2.45, 2.75) is 25.8 Å². The van der Waals surface area contributed by atoms with Gasteiger partial charge in [0.1, 0.15) is 0 Å². The molecule has 2 aromatic carbocycles. The molecular formula is C23H26N4O3. The highest BCUT2D eigenvalue weighted by Crippen LogP contribution is 2.28. The molecule has 0 spiro atoms. The van der Waals surface area contributed by atoms with Crippen LogP contribution in [0.25, 0.3) is 0 Å². The van der Waals surface area contributed by atoms with Crippen molar-refractivity contribution in [2.24, 2.45) is 11.7 Å². The van der Waals surface area contributed by atoms with E-state index in [9.17, 15) is 14.4 Å². The summed E-state index contributed by atoms with van der Waals surface area (Å²) in [6.07, 6.45) is 2.65. The Hall–Kier alpha value is -3.35. The molecule has 1 unspecified atom stereocenters. The molecule has 2 aromatic rings. The molecule has 7 nitrogen and oxygen atoms in total. The highest BCUT2D eigenvalue weighted by molar-refractivity contribution is 6.00. The molecular weight excluding hydrogens is 380 g/mol. The van der Waals surface area contributed by atoms with Crippen LogP contribution in [0, 0.1) is 5.92 Å². The van der Waals surface area contributed by atoms with Gasteiger partial charge in [0.15, 0.2) is 0 Å². The fourth-order valence-corrected chi connectivity index (χ4v) is 4.07. The van der Waals surface area contributed by atoms with Crippen LogP contribution in [-0.2, 0) is 16.1 Å². The topological polar surface area (TPSA) is 95.7 Å². The minimum absolute atomic E-state index is 0.0325. The minimum Gasteiger partial charge on any atom is -0.372 e. The third kappa shape index (κ3) is 4.30. The fraction of sp³-hybridized carbons (Fsp3) is 0.348. The van der Waals surface area contributed by atoms with E-state index in [1.807, 2.05) is 12.1 Å². The SMILES string of the molecule is NC(=O)c1ccc(CNC(=O)C2CC(=O)N(c3ccc(N4CCCC4)cc3)C2)cc1. The van der Waals surface area contributed by atoms with E-state index in [0.717, 1.165) is 24.3 Å². The molecule has 2 aliphatic rings. The maximum absolute atomic E-state index is 12.6. The Morgan fingerprint density at radius 2 is 1.60 bits per heavy atom.